The Labute approximate surface area is 272 Å². The lowest BCUT2D eigenvalue weighted by Crippen LogP contribution is -2.67. The number of piperidine rings is 1. The highest BCUT2D eigenvalue weighted by molar-refractivity contribution is 5.94. The molecule has 2 saturated heterocycles. The van der Waals surface area contributed by atoms with Crippen LogP contribution in [0.3, 0.4) is 0 Å². The molecule has 3 heterocycles. The number of hydrogen-bond donors (Lipinski definition) is 3. The Bertz CT molecular complexity index is 1320. The zero-order valence-electron chi connectivity index (χ0n) is 27.7. The van der Waals surface area contributed by atoms with E-state index in [-0.39, 0.29) is 41.8 Å². The fourth-order valence-corrected chi connectivity index (χ4v) is 8.32. The van der Waals surface area contributed by atoms with Crippen LogP contribution in [0.2, 0.25) is 0 Å². The zero-order chi connectivity index (χ0) is 32.7. The Morgan fingerprint density at radius 2 is 1.78 bits per heavy atom. The van der Waals surface area contributed by atoms with Gasteiger partial charge in [-0.05, 0) is 55.9 Å². The monoisotopic (exact) mass is 637 g/mol. The second-order valence-electron chi connectivity index (χ2n) is 15.4. The Kier molecular flexibility index (Phi) is 9.24. The molecule has 2 saturated carbocycles. The highest BCUT2D eigenvalue weighted by Gasteiger charge is 2.56. The molecule has 252 valence electrons. The number of para-hydroxylation sites is 1. The fourth-order valence-electron chi connectivity index (χ4n) is 8.32. The maximum atomic E-state index is 14.7. The van der Waals surface area contributed by atoms with Crippen molar-refractivity contribution in [1.29, 1.82) is 0 Å². The van der Waals surface area contributed by atoms with Crippen LogP contribution in [0.1, 0.15) is 90.7 Å². The predicted molar refractivity (Wildman–Crippen MR) is 172 cm³/mol. The third-order valence-electron chi connectivity index (χ3n) is 10.8. The number of carbonyl (C=O) groups is 4. The average molecular weight is 638 g/mol. The van der Waals surface area contributed by atoms with Crippen LogP contribution < -0.4 is 15.4 Å². The molecule has 1 aromatic rings. The number of fused-ring (bicyclic) bond motifs is 4. The highest BCUT2D eigenvalue weighted by Crippen LogP contribution is 2.49. The third-order valence-corrected chi connectivity index (χ3v) is 10.8. The number of rotatable bonds is 8. The van der Waals surface area contributed by atoms with Gasteiger partial charge in [0.15, 0.2) is 0 Å². The van der Waals surface area contributed by atoms with E-state index in [9.17, 15) is 24.3 Å². The SMILES string of the molecule is C[C@@H](C(=O)N[C@H](C(=O)N1C[C@H]2C[C@H]3C[C@H]3N2C[C@H]1C(=O)N[C@@H]1CCOc2ccccc21)C1CCCCC1)N(CC(C)(C)C)C(=O)O. The molecule has 1 aromatic carbocycles. The minimum absolute atomic E-state index is 0.0700. The first-order valence-corrected chi connectivity index (χ1v) is 17.3. The van der Waals surface area contributed by atoms with Gasteiger partial charge in [-0.15, -0.1) is 0 Å². The Morgan fingerprint density at radius 3 is 2.50 bits per heavy atom. The molecule has 4 amide bonds. The summed E-state index contributed by atoms with van der Waals surface area (Å²) in [5.41, 5.74) is 0.593. The first kappa shape index (κ1) is 32.6. The van der Waals surface area contributed by atoms with Crippen LogP contribution in [-0.2, 0) is 14.4 Å². The van der Waals surface area contributed by atoms with Crippen molar-refractivity contribution in [3.63, 3.8) is 0 Å². The minimum Gasteiger partial charge on any atom is -0.493 e. The predicted octanol–water partition coefficient (Wildman–Crippen LogP) is 3.78. The summed E-state index contributed by atoms with van der Waals surface area (Å²) in [5.74, 6) is 0.452. The molecular weight excluding hydrogens is 586 g/mol. The molecule has 11 heteroatoms. The molecule has 7 atom stereocenters. The largest absolute Gasteiger partial charge is 0.493 e. The summed E-state index contributed by atoms with van der Waals surface area (Å²) >= 11 is 0. The molecular formula is C35H51N5O6. The van der Waals surface area contributed by atoms with Gasteiger partial charge in [-0.2, -0.15) is 0 Å². The molecule has 0 radical (unpaired) electrons. The number of piperazine rings is 1. The number of nitrogens with zero attached hydrogens (tertiary/aromatic N) is 3. The summed E-state index contributed by atoms with van der Waals surface area (Å²) in [5, 5.41) is 16.3. The van der Waals surface area contributed by atoms with Crippen molar-refractivity contribution in [3.05, 3.63) is 29.8 Å². The van der Waals surface area contributed by atoms with E-state index in [0.717, 1.165) is 61.2 Å². The summed E-state index contributed by atoms with van der Waals surface area (Å²) < 4.78 is 5.82. The number of ether oxygens (including phenoxy) is 1. The lowest BCUT2D eigenvalue weighted by molar-refractivity contribution is -0.150. The van der Waals surface area contributed by atoms with Gasteiger partial charge < -0.3 is 25.4 Å². The van der Waals surface area contributed by atoms with Crippen LogP contribution in [0.15, 0.2) is 24.3 Å². The molecule has 0 unspecified atom stereocenters. The van der Waals surface area contributed by atoms with Crippen molar-refractivity contribution < 1.29 is 29.0 Å². The first-order chi connectivity index (χ1) is 21.9. The first-order valence-electron chi connectivity index (χ1n) is 17.3. The van der Waals surface area contributed by atoms with Gasteiger partial charge in [0.05, 0.1) is 12.6 Å². The normalized spacial score (nSPS) is 28.9. The van der Waals surface area contributed by atoms with Gasteiger partial charge in [-0.3, -0.25) is 24.2 Å². The minimum atomic E-state index is -1.17. The molecule has 46 heavy (non-hydrogen) atoms. The molecule has 5 aliphatic rings. The van der Waals surface area contributed by atoms with Crippen LogP contribution in [0.25, 0.3) is 0 Å². The van der Waals surface area contributed by atoms with E-state index >= 15 is 0 Å². The van der Waals surface area contributed by atoms with Gasteiger partial charge in [0.25, 0.3) is 0 Å². The molecule has 2 aliphatic carbocycles. The van der Waals surface area contributed by atoms with Gasteiger partial charge in [-0.1, -0.05) is 58.2 Å². The second kappa shape index (κ2) is 13.0. The van der Waals surface area contributed by atoms with E-state index in [1.54, 1.807) is 11.8 Å². The van der Waals surface area contributed by atoms with E-state index in [0.29, 0.717) is 38.1 Å². The number of amides is 4. The summed E-state index contributed by atoms with van der Waals surface area (Å²) in [6, 6.07) is 5.76. The van der Waals surface area contributed by atoms with Crippen molar-refractivity contribution in [1.82, 2.24) is 25.3 Å². The summed E-state index contributed by atoms with van der Waals surface area (Å²) in [6.07, 6.45) is 6.29. The van der Waals surface area contributed by atoms with Crippen LogP contribution in [0.5, 0.6) is 5.75 Å². The maximum absolute atomic E-state index is 14.7. The standard InChI is InChI=1S/C35H51N5O6/c1-21(40(34(44)45)20-35(2,3)4)31(41)37-30(22-10-6-5-7-11-22)33(43)39-18-24-16-23-17-27(23)38(24)19-28(39)32(42)36-26-14-15-46-29-13-9-8-12-25(26)29/h8-9,12-13,21-24,26-28,30H,5-7,10-11,14-20H2,1-4H3,(H,36,42)(H,37,41)(H,44,45)/t21-,23-,24+,26+,27+,28-,30-/m0/s1. The summed E-state index contributed by atoms with van der Waals surface area (Å²) in [6.45, 7) is 8.99. The third kappa shape index (κ3) is 6.85. The smallest absolute Gasteiger partial charge is 0.407 e. The molecule has 0 aromatic heterocycles. The maximum Gasteiger partial charge on any atom is 0.407 e. The quantitative estimate of drug-likeness (QED) is 0.396. The molecule has 0 bridgehead atoms. The number of nitrogens with one attached hydrogen (secondary N) is 2. The van der Waals surface area contributed by atoms with E-state index in [1.165, 1.54) is 0 Å². The van der Waals surface area contributed by atoms with Gasteiger partial charge >= 0.3 is 6.09 Å². The molecule has 3 N–H and O–H groups in total. The van der Waals surface area contributed by atoms with Crippen LogP contribution in [-0.4, -0.2) is 100 Å². The van der Waals surface area contributed by atoms with Crippen molar-refractivity contribution in [2.24, 2.45) is 17.3 Å². The van der Waals surface area contributed by atoms with Gasteiger partial charge in [0.2, 0.25) is 17.7 Å². The Balaban J connectivity index is 1.25. The van der Waals surface area contributed by atoms with Gasteiger partial charge in [0.1, 0.15) is 23.9 Å². The van der Waals surface area contributed by atoms with Crippen molar-refractivity contribution in [3.8, 4) is 5.75 Å². The summed E-state index contributed by atoms with van der Waals surface area (Å²) in [7, 11) is 0. The van der Waals surface area contributed by atoms with Crippen LogP contribution >= 0.6 is 0 Å². The zero-order valence-corrected chi connectivity index (χ0v) is 27.7. The Morgan fingerprint density at radius 1 is 1.04 bits per heavy atom. The summed E-state index contributed by atoms with van der Waals surface area (Å²) in [4.78, 5) is 60.2. The number of carbonyl (C=O) groups excluding carboxylic acids is 3. The number of benzene rings is 1. The second-order valence-corrected chi connectivity index (χ2v) is 15.4. The topological polar surface area (TPSA) is 132 Å². The fraction of sp³-hybridized carbons (Fsp3) is 0.714. The molecule has 6 rings (SSSR count). The van der Waals surface area contributed by atoms with Crippen LogP contribution in [0, 0.1) is 17.3 Å². The van der Waals surface area contributed by atoms with E-state index < -0.39 is 30.1 Å². The highest BCUT2D eigenvalue weighted by atomic mass is 16.5. The van der Waals surface area contributed by atoms with E-state index in [4.69, 9.17) is 4.74 Å². The number of carboxylic acid groups (broad SMARTS) is 1. The lowest BCUT2D eigenvalue weighted by atomic mass is 9.82. The molecule has 3 aliphatic heterocycles. The Hall–Kier alpha value is -3.34. The van der Waals surface area contributed by atoms with Crippen LogP contribution in [0.4, 0.5) is 4.79 Å². The van der Waals surface area contributed by atoms with Crippen molar-refractivity contribution in [2.45, 2.75) is 115 Å². The lowest BCUT2D eigenvalue weighted by Gasteiger charge is -2.46. The van der Waals surface area contributed by atoms with Gasteiger partial charge in [-0.25, -0.2) is 4.79 Å². The van der Waals surface area contributed by atoms with Crippen molar-refractivity contribution >= 4 is 23.8 Å². The van der Waals surface area contributed by atoms with E-state index in [1.807, 2.05) is 45.0 Å². The number of hydrogen-bond acceptors (Lipinski definition) is 6. The molecule has 0 spiro atoms. The van der Waals surface area contributed by atoms with E-state index in [2.05, 4.69) is 15.5 Å². The molecule has 11 nitrogen and oxygen atoms in total. The molecule has 4 fully saturated rings. The average Bonchev–Trinajstić information content (AvgIpc) is 3.71. The van der Waals surface area contributed by atoms with Crippen molar-refractivity contribution in [2.75, 3.05) is 26.2 Å². The van der Waals surface area contributed by atoms with Gasteiger partial charge in [0, 0.05) is 43.7 Å².